The van der Waals surface area contributed by atoms with Crippen molar-refractivity contribution in [1.82, 2.24) is 5.32 Å². The molecule has 2 atom stereocenters. The van der Waals surface area contributed by atoms with Crippen LogP contribution in [0.1, 0.15) is 37.4 Å². The van der Waals surface area contributed by atoms with Gasteiger partial charge in [-0.2, -0.15) is 0 Å². The Morgan fingerprint density at radius 2 is 2.05 bits per heavy atom. The molecule has 0 heterocycles. The third kappa shape index (κ3) is 4.21. The summed E-state index contributed by atoms with van der Waals surface area (Å²) in [5.74, 6) is -0.104. The first-order valence-electron chi connectivity index (χ1n) is 6.90. The monoisotopic (exact) mass is 279 g/mol. The van der Waals surface area contributed by atoms with Crippen LogP contribution >= 0.6 is 0 Å². The Bertz CT molecular complexity index is 442. The van der Waals surface area contributed by atoms with E-state index in [0.29, 0.717) is 12.5 Å². The minimum Gasteiger partial charge on any atom is -0.497 e. The molecule has 0 saturated heterocycles. The zero-order valence-corrected chi connectivity index (χ0v) is 11.6. The summed E-state index contributed by atoms with van der Waals surface area (Å²) in [4.78, 5) is 10.7. The molecule has 110 valence electrons. The second-order valence-electron chi connectivity index (χ2n) is 5.20. The zero-order chi connectivity index (χ0) is 14.5. The third-order valence-electron chi connectivity index (χ3n) is 3.53. The minimum absolute atomic E-state index is 0.0532. The minimum atomic E-state index is -0.838. The number of hydrogen-bond acceptors (Lipinski definition) is 4. The number of carboxylic acid groups (broad SMARTS) is 1. The molecule has 20 heavy (non-hydrogen) atoms. The van der Waals surface area contributed by atoms with E-state index in [-0.39, 0.29) is 12.5 Å². The van der Waals surface area contributed by atoms with E-state index < -0.39 is 12.1 Å². The first kappa shape index (κ1) is 14.8. The number of methoxy groups -OCH3 is 1. The van der Waals surface area contributed by atoms with Crippen molar-refractivity contribution < 1.29 is 19.7 Å². The van der Waals surface area contributed by atoms with Gasteiger partial charge in [-0.15, -0.1) is 0 Å². The van der Waals surface area contributed by atoms with E-state index in [0.717, 1.165) is 24.2 Å². The summed E-state index contributed by atoms with van der Waals surface area (Å²) in [5.41, 5.74) is 0.773. The van der Waals surface area contributed by atoms with Crippen LogP contribution in [-0.2, 0) is 4.79 Å². The second kappa shape index (κ2) is 6.72. The van der Waals surface area contributed by atoms with Gasteiger partial charge in [-0.25, -0.2) is 0 Å². The van der Waals surface area contributed by atoms with Crippen molar-refractivity contribution in [2.24, 2.45) is 0 Å². The van der Waals surface area contributed by atoms with Crippen molar-refractivity contribution in [1.29, 1.82) is 0 Å². The van der Waals surface area contributed by atoms with Gasteiger partial charge in [0.1, 0.15) is 5.75 Å². The van der Waals surface area contributed by atoms with E-state index in [9.17, 15) is 9.90 Å². The van der Waals surface area contributed by atoms with Gasteiger partial charge in [0, 0.05) is 18.5 Å². The first-order chi connectivity index (χ1) is 9.60. The SMILES string of the molecule is COc1ccc(C(O)C(CCC(=O)O)NC2CC2)cc1. The molecule has 1 aliphatic carbocycles. The summed E-state index contributed by atoms with van der Waals surface area (Å²) in [6.07, 6.45) is 1.95. The molecule has 0 aliphatic heterocycles. The van der Waals surface area contributed by atoms with Crippen LogP contribution in [0.2, 0.25) is 0 Å². The van der Waals surface area contributed by atoms with Crippen LogP contribution in [0.5, 0.6) is 5.75 Å². The molecule has 0 amide bonds. The Kier molecular flexibility index (Phi) is 4.98. The fourth-order valence-corrected chi connectivity index (χ4v) is 2.20. The van der Waals surface area contributed by atoms with E-state index in [1.807, 2.05) is 12.1 Å². The molecule has 0 spiro atoms. The van der Waals surface area contributed by atoms with E-state index in [4.69, 9.17) is 9.84 Å². The van der Waals surface area contributed by atoms with Crippen molar-refractivity contribution in [3.8, 4) is 5.75 Å². The van der Waals surface area contributed by atoms with Gasteiger partial charge >= 0.3 is 5.97 Å². The Morgan fingerprint density at radius 3 is 2.55 bits per heavy atom. The molecule has 3 N–H and O–H groups in total. The van der Waals surface area contributed by atoms with Gasteiger partial charge in [0.15, 0.2) is 0 Å². The maximum Gasteiger partial charge on any atom is 0.303 e. The fraction of sp³-hybridized carbons (Fsp3) is 0.533. The molecular formula is C15H21NO4. The number of carboxylic acids is 1. The molecule has 1 fully saturated rings. The smallest absolute Gasteiger partial charge is 0.303 e. The molecule has 0 radical (unpaired) electrons. The average molecular weight is 279 g/mol. The van der Waals surface area contributed by atoms with E-state index >= 15 is 0 Å². The number of benzene rings is 1. The van der Waals surface area contributed by atoms with Crippen molar-refractivity contribution in [2.75, 3.05) is 7.11 Å². The van der Waals surface area contributed by atoms with Gasteiger partial charge in [-0.3, -0.25) is 4.79 Å². The predicted octanol–water partition coefficient (Wildman–Crippen LogP) is 1.71. The van der Waals surface area contributed by atoms with Gasteiger partial charge in [0.05, 0.1) is 13.2 Å². The van der Waals surface area contributed by atoms with Crippen LogP contribution in [0.25, 0.3) is 0 Å². The summed E-state index contributed by atoms with van der Waals surface area (Å²) in [7, 11) is 1.59. The van der Waals surface area contributed by atoms with Crippen molar-refractivity contribution in [2.45, 2.75) is 43.9 Å². The lowest BCUT2D eigenvalue weighted by molar-refractivity contribution is -0.137. The number of hydrogen-bond donors (Lipinski definition) is 3. The number of rotatable bonds is 8. The molecule has 0 bridgehead atoms. The molecule has 0 aromatic heterocycles. The first-order valence-corrected chi connectivity index (χ1v) is 6.90. The lowest BCUT2D eigenvalue weighted by Gasteiger charge is -2.24. The summed E-state index contributed by atoms with van der Waals surface area (Å²) in [5, 5.41) is 22.6. The number of aliphatic carboxylic acids is 1. The van der Waals surface area contributed by atoms with Crippen LogP contribution in [0.4, 0.5) is 0 Å². The highest BCUT2D eigenvalue weighted by atomic mass is 16.5. The number of ether oxygens (including phenoxy) is 1. The quantitative estimate of drug-likeness (QED) is 0.675. The Morgan fingerprint density at radius 1 is 1.40 bits per heavy atom. The summed E-state index contributed by atoms with van der Waals surface area (Å²) >= 11 is 0. The molecule has 1 aromatic rings. The van der Waals surface area contributed by atoms with Crippen molar-refractivity contribution in [3.05, 3.63) is 29.8 Å². The molecule has 2 rings (SSSR count). The van der Waals surface area contributed by atoms with E-state index in [1.54, 1.807) is 19.2 Å². The Labute approximate surface area is 118 Å². The summed E-state index contributed by atoms with van der Waals surface area (Å²) in [6, 6.07) is 7.40. The van der Waals surface area contributed by atoms with E-state index in [1.165, 1.54) is 0 Å². The predicted molar refractivity (Wildman–Crippen MR) is 74.8 cm³/mol. The summed E-state index contributed by atoms with van der Waals surface area (Å²) < 4.78 is 5.09. The van der Waals surface area contributed by atoms with Crippen LogP contribution in [-0.4, -0.2) is 35.4 Å². The van der Waals surface area contributed by atoms with Crippen molar-refractivity contribution in [3.63, 3.8) is 0 Å². The lowest BCUT2D eigenvalue weighted by Crippen LogP contribution is -2.37. The number of aliphatic hydroxyl groups excluding tert-OH is 1. The number of aliphatic hydroxyl groups is 1. The highest BCUT2D eigenvalue weighted by Crippen LogP contribution is 2.27. The fourth-order valence-electron chi connectivity index (χ4n) is 2.20. The third-order valence-corrected chi connectivity index (χ3v) is 3.53. The van der Waals surface area contributed by atoms with Gasteiger partial charge in [-0.1, -0.05) is 12.1 Å². The Hall–Kier alpha value is -1.59. The zero-order valence-electron chi connectivity index (χ0n) is 11.6. The highest BCUT2D eigenvalue weighted by molar-refractivity contribution is 5.66. The average Bonchev–Trinajstić information content (AvgIpc) is 3.26. The maximum atomic E-state index is 10.7. The normalized spacial score (nSPS) is 17.5. The standard InChI is InChI=1S/C15H21NO4/c1-20-12-6-2-10(3-7-12)15(19)13(8-9-14(17)18)16-11-4-5-11/h2-3,6-7,11,13,15-16,19H,4-5,8-9H2,1H3,(H,17,18). The molecule has 5 nitrogen and oxygen atoms in total. The lowest BCUT2D eigenvalue weighted by atomic mass is 9.98. The van der Waals surface area contributed by atoms with Crippen LogP contribution in [0.15, 0.2) is 24.3 Å². The van der Waals surface area contributed by atoms with Crippen LogP contribution < -0.4 is 10.1 Å². The molecule has 1 aromatic carbocycles. The maximum absolute atomic E-state index is 10.7. The molecule has 2 unspecified atom stereocenters. The van der Waals surface area contributed by atoms with Gasteiger partial charge in [-0.05, 0) is 37.0 Å². The Balaban J connectivity index is 2.02. The topological polar surface area (TPSA) is 78.8 Å². The highest BCUT2D eigenvalue weighted by Gasteiger charge is 2.29. The van der Waals surface area contributed by atoms with Crippen molar-refractivity contribution >= 4 is 5.97 Å². The van der Waals surface area contributed by atoms with Crippen LogP contribution in [0, 0.1) is 0 Å². The number of nitrogens with one attached hydrogen (secondary N) is 1. The molecule has 1 aliphatic rings. The second-order valence-corrected chi connectivity index (χ2v) is 5.20. The number of carbonyl (C=O) groups is 1. The molecule has 5 heteroatoms. The van der Waals surface area contributed by atoms with Gasteiger partial charge in [0.25, 0.3) is 0 Å². The van der Waals surface area contributed by atoms with Crippen LogP contribution in [0.3, 0.4) is 0 Å². The molecular weight excluding hydrogens is 258 g/mol. The largest absolute Gasteiger partial charge is 0.497 e. The van der Waals surface area contributed by atoms with Gasteiger partial charge in [0.2, 0.25) is 0 Å². The van der Waals surface area contributed by atoms with Gasteiger partial charge < -0.3 is 20.3 Å². The summed E-state index contributed by atoms with van der Waals surface area (Å²) in [6.45, 7) is 0. The molecule has 1 saturated carbocycles. The van der Waals surface area contributed by atoms with E-state index in [2.05, 4.69) is 5.32 Å².